The van der Waals surface area contributed by atoms with Crippen LogP contribution in [0.15, 0.2) is 42.6 Å². The van der Waals surface area contributed by atoms with E-state index >= 15 is 0 Å². The molecule has 22 heavy (non-hydrogen) atoms. The summed E-state index contributed by atoms with van der Waals surface area (Å²) in [4.78, 5) is 16.3. The number of rotatable bonds is 5. The van der Waals surface area contributed by atoms with Crippen molar-refractivity contribution in [3.63, 3.8) is 0 Å². The molecule has 5 nitrogen and oxygen atoms in total. The maximum atomic E-state index is 12.2. The van der Waals surface area contributed by atoms with Crippen molar-refractivity contribution in [1.29, 1.82) is 5.26 Å². The SMILES string of the molecule is CC(C)CNc1ccnc(C(=O)Nc2cccc(C#N)c2)c1. The summed E-state index contributed by atoms with van der Waals surface area (Å²) in [7, 11) is 0. The number of amides is 1. The van der Waals surface area contributed by atoms with Gasteiger partial charge in [-0.05, 0) is 36.2 Å². The van der Waals surface area contributed by atoms with E-state index in [-0.39, 0.29) is 5.91 Å². The topological polar surface area (TPSA) is 77.8 Å². The number of aromatic nitrogens is 1. The summed E-state index contributed by atoms with van der Waals surface area (Å²) >= 11 is 0. The highest BCUT2D eigenvalue weighted by molar-refractivity contribution is 6.03. The van der Waals surface area contributed by atoms with Gasteiger partial charge in [-0.25, -0.2) is 0 Å². The van der Waals surface area contributed by atoms with E-state index in [0.717, 1.165) is 12.2 Å². The smallest absolute Gasteiger partial charge is 0.274 e. The Bertz CT molecular complexity index is 704. The highest BCUT2D eigenvalue weighted by Crippen LogP contribution is 2.13. The van der Waals surface area contributed by atoms with Gasteiger partial charge in [-0.1, -0.05) is 19.9 Å². The molecule has 0 spiro atoms. The number of hydrogen-bond donors (Lipinski definition) is 2. The van der Waals surface area contributed by atoms with Crippen LogP contribution in [0.5, 0.6) is 0 Å². The van der Waals surface area contributed by atoms with Gasteiger partial charge in [0.2, 0.25) is 0 Å². The molecule has 2 aromatic rings. The van der Waals surface area contributed by atoms with Gasteiger partial charge in [0, 0.05) is 24.1 Å². The average Bonchev–Trinajstić information content (AvgIpc) is 2.53. The lowest BCUT2D eigenvalue weighted by atomic mass is 10.2. The van der Waals surface area contributed by atoms with E-state index in [1.54, 1.807) is 36.5 Å². The number of carbonyl (C=O) groups excluding carboxylic acids is 1. The van der Waals surface area contributed by atoms with E-state index < -0.39 is 0 Å². The summed E-state index contributed by atoms with van der Waals surface area (Å²) in [5.41, 5.74) is 2.26. The fourth-order valence-electron chi connectivity index (χ4n) is 1.85. The molecule has 1 aromatic carbocycles. The lowest BCUT2D eigenvalue weighted by molar-refractivity contribution is 0.102. The van der Waals surface area contributed by atoms with E-state index in [0.29, 0.717) is 22.9 Å². The number of carbonyl (C=O) groups is 1. The third-order valence-electron chi connectivity index (χ3n) is 2.96. The molecule has 1 aromatic heterocycles. The number of nitrogens with zero attached hydrogens (tertiary/aromatic N) is 2. The summed E-state index contributed by atoms with van der Waals surface area (Å²) < 4.78 is 0. The monoisotopic (exact) mass is 294 g/mol. The number of benzene rings is 1. The fraction of sp³-hybridized carbons (Fsp3) is 0.235. The van der Waals surface area contributed by atoms with Gasteiger partial charge in [0.05, 0.1) is 11.6 Å². The van der Waals surface area contributed by atoms with Crippen molar-refractivity contribution in [2.75, 3.05) is 17.2 Å². The maximum absolute atomic E-state index is 12.2. The van der Waals surface area contributed by atoms with Crippen LogP contribution in [0.2, 0.25) is 0 Å². The van der Waals surface area contributed by atoms with Gasteiger partial charge in [0.1, 0.15) is 5.69 Å². The van der Waals surface area contributed by atoms with Gasteiger partial charge in [-0.15, -0.1) is 0 Å². The van der Waals surface area contributed by atoms with Crippen LogP contribution < -0.4 is 10.6 Å². The molecule has 0 saturated carbocycles. The highest BCUT2D eigenvalue weighted by Gasteiger charge is 2.09. The molecule has 0 aliphatic carbocycles. The molecule has 0 fully saturated rings. The zero-order chi connectivity index (χ0) is 15.9. The van der Waals surface area contributed by atoms with Gasteiger partial charge in [-0.3, -0.25) is 9.78 Å². The predicted octanol–water partition coefficient (Wildman–Crippen LogP) is 3.27. The Morgan fingerprint density at radius 3 is 2.82 bits per heavy atom. The third kappa shape index (κ3) is 4.32. The minimum Gasteiger partial charge on any atom is -0.385 e. The molecule has 112 valence electrons. The van der Waals surface area contributed by atoms with Crippen molar-refractivity contribution < 1.29 is 4.79 Å². The molecule has 2 N–H and O–H groups in total. The van der Waals surface area contributed by atoms with Gasteiger partial charge in [0.25, 0.3) is 5.91 Å². The molecule has 0 saturated heterocycles. The first-order valence-electron chi connectivity index (χ1n) is 7.10. The van der Waals surface area contributed by atoms with Crippen LogP contribution in [-0.4, -0.2) is 17.4 Å². The van der Waals surface area contributed by atoms with E-state index in [1.807, 2.05) is 12.1 Å². The van der Waals surface area contributed by atoms with Gasteiger partial charge < -0.3 is 10.6 Å². The third-order valence-corrected chi connectivity index (χ3v) is 2.96. The molecule has 0 atom stereocenters. The van der Waals surface area contributed by atoms with E-state index in [1.165, 1.54) is 0 Å². The normalized spacial score (nSPS) is 10.1. The molecule has 2 rings (SSSR count). The summed E-state index contributed by atoms with van der Waals surface area (Å²) in [6.07, 6.45) is 1.60. The van der Waals surface area contributed by atoms with Crippen LogP contribution in [0.1, 0.15) is 29.9 Å². The van der Waals surface area contributed by atoms with Crippen LogP contribution in [0.4, 0.5) is 11.4 Å². The largest absolute Gasteiger partial charge is 0.385 e. The zero-order valence-electron chi connectivity index (χ0n) is 12.6. The second-order valence-electron chi connectivity index (χ2n) is 5.35. The van der Waals surface area contributed by atoms with E-state index in [2.05, 4.69) is 29.5 Å². The summed E-state index contributed by atoms with van der Waals surface area (Å²) in [5, 5.41) is 14.9. The average molecular weight is 294 g/mol. The fourth-order valence-corrected chi connectivity index (χ4v) is 1.85. The summed E-state index contributed by atoms with van der Waals surface area (Å²) in [6, 6.07) is 12.4. The number of hydrogen-bond acceptors (Lipinski definition) is 4. The number of anilines is 2. The first kappa shape index (κ1) is 15.5. The zero-order valence-corrected chi connectivity index (χ0v) is 12.6. The quantitative estimate of drug-likeness (QED) is 0.887. The Morgan fingerprint density at radius 2 is 2.09 bits per heavy atom. The van der Waals surface area contributed by atoms with Crippen molar-refractivity contribution in [1.82, 2.24) is 4.98 Å². The van der Waals surface area contributed by atoms with E-state index in [4.69, 9.17) is 5.26 Å². The van der Waals surface area contributed by atoms with Crippen LogP contribution in [0, 0.1) is 17.2 Å². The molecule has 5 heteroatoms. The second kappa shape index (κ2) is 7.23. The van der Waals surface area contributed by atoms with Crippen molar-refractivity contribution >= 4 is 17.3 Å². The van der Waals surface area contributed by atoms with Gasteiger partial charge >= 0.3 is 0 Å². The number of nitrogens with one attached hydrogen (secondary N) is 2. The van der Waals surface area contributed by atoms with Crippen molar-refractivity contribution in [3.8, 4) is 6.07 Å². The standard InChI is InChI=1S/C17H18N4O/c1-12(2)11-20-14-6-7-19-16(9-14)17(22)21-15-5-3-4-13(8-15)10-18/h3-9,12H,11H2,1-2H3,(H,19,20)(H,21,22). The predicted molar refractivity (Wildman–Crippen MR) is 86.7 cm³/mol. The molecule has 0 aliphatic rings. The number of pyridine rings is 1. The van der Waals surface area contributed by atoms with Gasteiger partial charge in [0.15, 0.2) is 0 Å². The van der Waals surface area contributed by atoms with Gasteiger partial charge in [-0.2, -0.15) is 5.26 Å². The van der Waals surface area contributed by atoms with Crippen molar-refractivity contribution in [2.24, 2.45) is 5.92 Å². The molecule has 0 aliphatic heterocycles. The van der Waals surface area contributed by atoms with Crippen molar-refractivity contribution in [2.45, 2.75) is 13.8 Å². The molecule has 0 radical (unpaired) electrons. The Kier molecular flexibility index (Phi) is 5.10. The first-order chi connectivity index (χ1) is 10.6. The Morgan fingerprint density at radius 1 is 1.27 bits per heavy atom. The highest BCUT2D eigenvalue weighted by atomic mass is 16.1. The second-order valence-corrected chi connectivity index (χ2v) is 5.35. The minimum absolute atomic E-state index is 0.303. The summed E-state index contributed by atoms with van der Waals surface area (Å²) in [6.45, 7) is 5.06. The molecule has 1 amide bonds. The molecular weight excluding hydrogens is 276 g/mol. The Balaban J connectivity index is 2.09. The Labute approximate surface area is 130 Å². The molecule has 1 heterocycles. The lowest BCUT2D eigenvalue weighted by Crippen LogP contribution is -2.15. The van der Waals surface area contributed by atoms with Crippen LogP contribution >= 0.6 is 0 Å². The van der Waals surface area contributed by atoms with E-state index in [9.17, 15) is 4.79 Å². The van der Waals surface area contributed by atoms with Crippen LogP contribution in [0.3, 0.4) is 0 Å². The van der Waals surface area contributed by atoms with Crippen LogP contribution in [0.25, 0.3) is 0 Å². The summed E-state index contributed by atoms with van der Waals surface area (Å²) in [5.74, 6) is 0.211. The lowest BCUT2D eigenvalue weighted by Gasteiger charge is -2.10. The van der Waals surface area contributed by atoms with Crippen molar-refractivity contribution in [3.05, 3.63) is 53.9 Å². The molecule has 0 unspecified atom stereocenters. The molecule has 0 bridgehead atoms. The number of nitriles is 1. The Hall–Kier alpha value is -2.87. The maximum Gasteiger partial charge on any atom is 0.274 e. The minimum atomic E-state index is -0.303. The van der Waals surface area contributed by atoms with Crippen LogP contribution in [-0.2, 0) is 0 Å². The molecular formula is C17H18N4O. The first-order valence-corrected chi connectivity index (χ1v) is 7.10.